The van der Waals surface area contributed by atoms with Crippen molar-refractivity contribution < 1.29 is 14.1 Å². The summed E-state index contributed by atoms with van der Waals surface area (Å²) in [5.41, 5.74) is 3.97. The summed E-state index contributed by atoms with van der Waals surface area (Å²) in [6.07, 6.45) is 0. The second kappa shape index (κ2) is 8.39. The van der Waals surface area contributed by atoms with Gasteiger partial charge < -0.3 is 15.2 Å². The molecule has 0 fully saturated rings. The summed E-state index contributed by atoms with van der Waals surface area (Å²) in [7, 11) is 0. The predicted octanol–water partition coefficient (Wildman–Crippen LogP) is 5.05. The van der Waals surface area contributed by atoms with Gasteiger partial charge >= 0.3 is 0 Å². The van der Waals surface area contributed by atoms with E-state index in [0.29, 0.717) is 39.4 Å². The first-order valence-corrected chi connectivity index (χ1v) is 9.97. The highest BCUT2D eigenvalue weighted by Gasteiger charge is 2.19. The molecule has 0 aliphatic rings. The fraction of sp³-hybridized carbons (Fsp3) is 0.167. The van der Waals surface area contributed by atoms with Crippen LogP contribution in [0.4, 0.5) is 11.4 Å². The first kappa shape index (κ1) is 20.3. The number of fused-ring (bicyclic) bond motifs is 1. The number of aromatic nitrogens is 2. The Labute approximate surface area is 179 Å². The van der Waals surface area contributed by atoms with Crippen molar-refractivity contribution in [2.24, 2.45) is 5.92 Å². The molecule has 0 saturated carbocycles. The maximum atomic E-state index is 13.2. The van der Waals surface area contributed by atoms with Crippen LogP contribution in [0.5, 0.6) is 0 Å². The van der Waals surface area contributed by atoms with Crippen LogP contribution < -0.4 is 10.6 Å². The number of anilines is 2. The van der Waals surface area contributed by atoms with E-state index in [9.17, 15) is 9.59 Å². The van der Waals surface area contributed by atoms with Gasteiger partial charge in [0.1, 0.15) is 0 Å². The third-order valence-electron chi connectivity index (χ3n) is 4.84. The lowest BCUT2D eigenvalue weighted by Gasteiger charge is -2.11. The molecule has 0 radical (unpaired) electrons. The van der Waals surface area contributed by atoms with Crippen molar-refractivity contribution in [3.05, 3.63) is 71.9 Å². The Hall–Kier alpha value is -4.00. The van der Waals surface area contributed by atoms with Gasteiger partial charge in [0.2, 0.25) is 5.91 Å². The number of rotatable bonds is 5. The molecule has 2 N–H and O–H groups in total. The van der Waals surface area contributed by atoms with Gasteiger partial charge in [0, 0.05) is 22.9 Å². The second-order valence-corrected chi connectivity index (χ2v) is 7.55. The van der Waals surface area contributed by atoms with Crippen molar-refractivity contribution in [2.45, 2.75) is 20.8 Å². The zero-order valence-electron chi connectivity index (χ0n) is 17.5. The maximum absolute atomic E-state index is 13.2. The van der Waals surface area contributed by atoms with Gasteiger partial charge in [-0.05, 0) is 31.2 Å². The van der Waals surface area contributed by atoms with Crippen LogP contribution in [0.3, 0.4) is 0 Å². The number of hydrogen-bond donors (Lipinski definition) is 2. The van der Waals surface area contributed by atoms with E-state index in [0.717, 1.165) is 5.56 Å². The number of amides is 2. The average molecular weight is 414 g/mol. The van der Waals surface area contributed by atoms with E-state index in [4.69, 9.17) is 4.52 Å². The Bertz CT molecular complexity index is 1260. The molecular weight excluding hydrogens is 392 g/mol. The summed E-state index contributed by atoms with van der Waals surface area (Å²) < 4.78 is 5.35. The summed E-state index contributed by atoms with van der Waals surface area (Å²) in [4.78, 5) is 29.7. The van der Waals surface area contributed by atoms with E-state index in [-0.39, 0.29) is 17.7 Å². The van der Waals surface area contributed by atoms with Crippen molar-refractivity contribution in [1.29, 1.82) is 0 Å². The van der Waals surface area contributed by atoms with E-state index in [1.54, 1.807) is 37.3 Å². The van der Waals surface area contributed by atoms with Crippen LogP contribution in [0, 0.1) is 12.8 Å². The van der Waals surface area contributed by atoms with Gasteiger partial charge in [-0.2, -0.15) is 0 Å². The number of hydrogen-bond acceptors (Lipinski definition) is 5. The number of carbonyl (C=O) groups excluding carboxylic acids is 2. The third kappa shape index (κ3) is 4.30. The topological polar surface area (TPSA) is 97.1 Å². The predicted molar refractivity (Wildman–Crippen MR) is 120 cm³/mol. The van der Waals surface area contributed by atoms with Gasteiger partial charge in [0.15, 0.2) is 0 Å². The Balaban J connectivity index is 1.68. The molecule has 0 spiro atoms. The minimum absolute atomic E-state index is 0.0908. The van der Waals surface area contributed by atoms with E-state index >= 15 is 0 Å². The molecule has 2 aromatic carbocycles. The molecule has 2 aromatic heterocycles. The quantitative estimate of drug-likeness (QED) is 0.477. The number of aryl methyl sites for hydroxylation is 1. The van der Waals surface area contributed by atoms with Gasteiger partial charge in [-0.25, -0.2) is 4.98 Å². The van der Waals surface area contributed by atoms with Gasteiger partial charge in [-0.1, -0.05) is 55.4 Å². The molecule has 0 atom stereocenters. The monoisotopic (exact) mass is 414 g/mol. The van der Waals surface area contributed by atoms with Crippen LogP contribution >= 0.6 is 0 Å². The van der Waals surface area contributed by atoms with Crippen molar-refractivity contribution in [3.63, 3.8) is 0 Å². The van der Waals surface area contributed by atoms with Crippen molar-refractivity contribution >= 4 is 34.3 Å². The molecule has 0 saturated heterocycles. The fourth-order valence-corrected chi connectivity index (χ4v) is 3.19. The molecule has 2 heterocycles. The van der Waals surface area contributed by atoms with Gasteiger partial charge in [-0.15, -0.1) is 0 Å². The van der Waals surface area contributed by atoms with Crippen LogP contribution in [0.15, 0.2) is 65.2 Å². The Morgan fingerprint density at radius 2 is 1.65 bits per heavy atom. The molecule has 4 aromatic rings. The lowest BCUT2D eigenvalue weighted by atomic mass is 10.0. The highest BCUT2D eigenvalue weighted by molar-refractivity contribution is 6.13. The number of nitrogens with one attached hydrogen (secondary N) is 2. The molecule has 7 nitrogen and oxygen atoms in total. The number of pyridine rings is 1. The van der Waals surface area contributed by atoms with E-state index < -0.39 is 0 Å². The van der Waals surface area contributed by atoms with E-state index in [1.165, 1.54) is 0 Å². The lowest BCUT2D eigenvalue weighted by Crippen LogP contribution is -2.18. The molecule has 31 heavy (non-hydrogen) atoms. The minimum atomic E-state index is -0.316. The van der Waals surface area contributed by atoms with Crippen LogP contribution in [0.2, 0.25) is 0 Å². The second-order valence-electron chi connectivity index (χ2n) is 7.55. The highest BCUT2D eigenvalue weighted by Crippen LogP contribution is 2.28. The molecule has 0 aliphatic heterocycles. The number of carbonyl (C=O) groups is 2. The first-order chi connectivity index (χ1) is 14.9. The number of benzene rings is 2. The molecule has 4 rings (SSSR count). The van der Waals surface area contributed by atoms with Gasteiger partial charge in [-0.3, -0.25) is 9.59 Å². The standard InChI is InChI=1S/C24H22N4O3/c1-14(2)22(29)25-17-10-7-11-18(12-17)26-23(30)19-13-20(16-8-5-4-6-9-16)27-24-21(19)15(3)28-31-24/h4-14H,1-3H3,(H,25,29)(H,26,30). The zero-order chi connectivity index (χ0) is 22.0. The van der Waals surface area contributed by atoms with E-state index in [2.05, 4.69) is 20.8 Å². The van der Waals surface area contributed by atoms with Crippen LogP contribution in [-0.4, -0.2) is 22.0 Å². The molecule has 0 unspecified atom stereocenters. The summed E-state index contributed by atoms with van der Waals surface area (Å²) in [6, 6.07) is 18.3. The molecule has 0 bridgehead atoms. The van der Waals surface area contributed by atoms with Crippen LogP contribution in [0.1, 0.15) is 29.9 Å². The normalized spacial score (nSPS) is 11.0. The Morgan fingerprint density at radius 3 is 2.35 bits per heavy atom. The summed E-state index contributed by atoms with van der Waals surface area (Å²) in [6.45, 7) is 5.41. The van der Waals surface area contributed by atoms with Crippen molar-refractivity contribution in [3.8, 4) is 11.3 Å². The van der Waals surface area contributed by atoms with Crippen LogP contribution in [0.25, 0.3) is 22.4 Å². The maximum Gasteiger partial charge on any atom is 0.259 e. The Kier molecular flexibility index (Phi) is 5.49. The third-order valence-corrected chi connectivity index (χ3v) is 4.84. The molecule has 0 aliphatic carbocycles. The summed E-state index contributed by atoms with van der Waals surface area (Å²) >= 11 is 0. The molecule has 2 amide bonds. The van der Waals surface area contributed by atoms with Gasteiger partial charge in [0.25, 0.3) is 11.6 Å². The summed E-state index contributed by atoms with van der Waals surface area (Å²) in [5, 5.41) is 10.3. The lowest BCUT2D eigenvalue weighted by molar-refractivity contribution is -0.118. The van der Waals surface area contributed by atoms with Gasteiger partial charge in [0.05, 0.1) is 22.3 Å². The fourth-order valence-electron chi connectivity index (χ4n) is 3.19. The largest absolute Gasteiger partial charge is 0.335 e. The molecular formula is C24H22N4O3. The van der Waals surface area contributed by atoms with E-state index in [1.807, 2.05) is 44.2 Å². The SMILES string of the molecule is Cc1noc2nc(-c3ccccc3)cc(C(=O)Nc3cccc(NC(=O)C(C)C)c3)c12. The van der Waals surface area contributed by atoms with Crippen molar-refractivity contribution in [1.82, 2.24) is 10.1 Å². The summed E-state index contributed by atoms with van der Waals surface area (Å²) in [5.74, 6) is -0.550. The zero-order valence-corrected chi connectivity index (χ0v) is 17.5. The van der Waals surface area contributed by atoms with Crippen molar-refractivity contribution in [2.75, 3.05) is 10.6 Å². The smallest absolute Gasteiger partial charge is 0.259 e. The Morgan fingerprint density at radius 1 is 0.935 bits per heavy atom. The first-order valence-electron chi connectivity index (χ1n) is 9.97. The number of nitrogens with zero attached hydrogens (tertiary/aromatic N) is 2. The average Bonchev–Trinajstić information content (AvgIpc) is 3.14. The highest BCUT2D eigenvalue weighted by atomic mass is 16.5. The molecule has 156 valence electrons. The molecule has 7 heteroatoms. The minimum Gasteiger partial charge on any atom is -0.335 e. The van der Waals surface area contributed by atoms with Crippen LogP contribution in [-0.2, 0) is 4.79 Å².